The molecule has 1 aliphatic heterocycles. The summed E-state index contributed by atoms with van der Waals surface area (Å²) in [6, 6.07) is 0. The van der Waals surface area contributed by atoms with Gasteiger partial charge in [-0.05, 0) is 38.0 Å². The first-order chi connectivity index (χ1) is 11.4. The fourth-order valence-corrected chi connectivity index (χ4v) is 3.86. The number of rotatable bonds is 9. The minimum absolute atomic E-state index is 0. The molecule has 1 heterocycles. The molecule has 0 bridgehead atoms. The van der Waals surface area contributed by atoms with E-state index in [9.17, 15) is 8.42 Å². The van der Waals surface area contributed by atoms with E-state index in [0.29, 0.717) is 19.0 Å². The molecule has 0 aromatic heterocycles. The maximum Gasteiger partial charge on any atom is 0.211 e. The molecule has 0 aromatic rings. The van der Waals surface area contributed by atoms with Crippen LogP contribution in [0, 0.1) is 5.92 Å². The Kier molecular flexibility index (Phi) is 12.7. The minimum Gasteiger partial charge on any atom is -0.356 e. The number of allylic oxidation sites excluding steroid dienone is 1. The summed E-state index contributed by atoms with van der Waals surface area (Å²) in [5.41, 5.74) is 0. The van der Waals surface area contributed by atoms with Crippen molar-refractivity contribution in [3.63, 3.8) is 0 Å². The lowest BCUT2D eigenvalue weighted by molar-refractivity contribution is 0.273. The number of unbranched alkanes of at least 4 members (excludes halogenated alkanes) is 3. The van der Waals surface area contributed by atoms with Crippen LogP contribution in [0.5, 0.6) is 0 Å². The van der Waals surface area contributed by atoms with Crippen molar-refractivity contribution in [3.8, 4) is 0 Å². The van der Waals surface area contributed by atoms with Gasteiger partial charge >= 0.3 is 0 Å². The van der Waals surface area contributed by atoms with Crippen LogP contribution in [-0.2, 0) is 10.0 Å². The molecule has 1 saturated heterocycles. The zero-order valence-corrected chi connectivity index (χ0v) is 19.1. The number of nitrogens with one attached hydrogen (secondary N) is 1. The highest BCUT2D eigenvalue weighted by Gasteiger charge is 2.24. The third-order valence-electron chi connectivity index (χ3n) is 4.57. The molecule has 148 valence electrons. The van der Waals surface area contributed by atoms with Crippen LogP contribution < -0.4 is 5.32 Å². The second-order valence-corrected chi connectivity index (χ2v) is 8.58. The monoisotopic (exact) mass is 486 g/mol. The number of piperidine rings is 1. The summed E-state index contributed by atoms with van der Waals surface area (Å²) in [4.78, 5) is 6.52. The van der Waals surface area contributed by atoms with Crippen LogP contribution in [0.25, 0.3) is 0 Å². The Morgan fingerprint density at radius 1 is 1.32 bits per heavy atom. The number of aliphatic imine (C=N–C) groups is 1. The lowest BCUT2D eigenvalue weighted by Gasteiger charge is -2.31. The largest absolute Gasteiger partial charge is 0.356 e. The maximum absolute atomic E-state index is 11.5. The van der Waals surface area contributed by atoms with Crippen molar-refractivity contribution in [3.05, 3.63) is 12.7 Å². The third-order valence-corrected chi connectivity index (χ3v) is 5.87. The number of halogens is 1. The standard InChI is InChI=1S/C17H34N4O2S.HI/c1-5-6-7-8-9-12-20(3)17(18-2)19-15-16-10-13-21(14-11-16)24(4,22)23;/h5,16H,1,6-15H2,2-4H3,(H,18,19);1H. The Bertz CT molecular complexity index is 503. The number of hydrogen-bond donors (Lipinski definition) is 1. The van der Waals surface area contributed by atoms with Crippen molar-refractivity contribution < 1.29 is 8.42 Å². The molecule has 0 atom stereocenters. The molecule has 0 radical (unpaired) electrons. The molecule has 0 aromatic carbocycles. The molecular formula is C17H35IN4O2S. The second-order valence-electron chi connectivity index (χ2n) is 6.59. The Balaban J connectivity index is 0.00000576. The predicted molar refractivity (Wildman–Crippen MR) is 117 cm³/mol. The summed E-state index contributed by atoms with van der Waals surface area (Å²) in [5.74, 6) is 1.42. The van der Waals surface area contributed by atoms with Gasteiger partial charge in [0.2, 0.25) is 10.0 Å². The van der Waals surface area contributed by atoms with Crippen molar-refractivity contribution in [1.29, 1.82) is 0 Å². The SMILES string of the molecule is C=CCCCCCN(C)C(=NC)NCC1CCN(S(C)(=O)=O)CC1.I. The first-order valence-corrected chi connectivity index (χ1v) is 10.7. The van der Waals surface area contributed by atoms with Gasteiger partial charge in [0.15, 0.2) is 5.96 Å². The molecule has 25 heavy (non-hydrogen) atoms. The molecule has 8 heteroatoms. The molecule has 1 fully saturated rings. The fourth-order valence-electron chi connectivity index (χ4n) is 2.99. The molecule has 0 aliphatic carbocycles. The molecule has 1 aliphatic rings. The Hall–Kier alpha value is -0.350. The number of guanidine groups is 1. The Morgan fingerprint density at radius 3 is 2.48 bits per heavy atom. The quantitative estimate of drug-likeness (QED) is 0.179. The highest BCUT2D eigenvalue weighted by Crippen LogP contribution is 2.18. The van der Waals surface area contributed by atoms with Crippen LogP contribution in [0.3, 0.4) is 0 Å². The molecule has 0 amide bonds. The van der Waals surface area contributed by atoms with Gasteiger partial charge in [0.05, 0.1) is 6.26 Å². The Labute approximate surface area is 171 Å². The van der Waals surface area contributed by atoms with E-state index >= 15 is 0 Å². The average molecular weight is 486 g/mol. The van der Waals surface area contributed by atoms with E-state index in [1.165, 1.54) is 19.1 Å². The third kappa shape index (κ3) is 9.79. The van der Waals surface area contributed by atoms with Gasteiger partial charge in [-0.25, -0.2) is 12.7 Å². The first kappa shape index (κ1) is 24.7. The molecule has 0 spiro atoms. The van der Waals surface area contributed by atoms with Crippen LogP contribution in [-0.4, -0.2) is 70.1 Å². The van der Waals surface area contributed by atoms with Crippen LogP contribution >= 0.6 is 24.0 Å². The Morgan fingerprint density at radius 2 is 1.96 bits per heavy atom. The van der Waals surface area contributed by atoms with Gasteiger partial charge in [0, 0.05) is 40.3 Å². The van der Waals surface area contributed by atoms with Gasteiger partial charge < -0.3 is 10.2 Å². The van der Waals surface area contributed by atoms with Crippen molar-refractivity contribution in [2.24, 2.45) is 10.9 Å². The summed E-state index contributed by atoms with van der Waals surface area (Å²) in [6.07, 6.45) is 9.71. The fraction of sp³-hybridized carbons (Fsp3) is 0.824. The van der Waals surface area contributed by atoms with Crippen molar-refractivity contribution in [1.82, 2.24) is 14.5 Å². The van der Waals surface area contributed by atoms with E-state index in [0.717, 1.165) is 44.7 Å². The van der Waals surface area contributed by atoms with Crippen molar-refractivity contribution in [2.75, 3.05) is 46.5 Å². The minimum atomic E-state index is -3.04. The van der Waals surface area contributed by atoms with Crippen LogP contribution in [0.1, 0.15) is 38.5 Å². The molecule has 1 N–H and O–H groups in total. The van der Waals surface area contributed by atoms with Gasteiger partial charge in [-0.2, -0.15) is 0 Å². The van der Waals surface area contributed by atoms with Gasteiger partial charge in [0.25, 0.3) is 0 Å². The summed E-state index contributed by atoms with van der Waals surface area (Å²) in [6.45, 7) is 6.84. The van der Waals surface area contributed by atoms with Crippen LogP contribution in [0.15, 0.2) is 17.6 Å². The average Bonchev–Trinajstić information content (AvgIpc) is 2.55. The molecule has 0 unspecified atom stereocenters. The van der Waals surface area contributed by atoms with Gasteiger partial charge in [-0.1, -0.05) is 12.5 Å². The zero-order chi connectivity index (χ0) is 18.0. The normalized spacial score (nSPS) is 17.0. The lowest BCUT2D eigenvalue weighted by atomic mass is 9.98. The highest BCUT2D eigenvalue weighted by molar-refractivity contribution is 14.0. The van der Waals surface area contributed by atoms with E-state index < -0.39 is 10.0 Å². The zero-order valence-electron chi connectivity index (χ0n) is 15.9. The first-order valence-electron chi connectivity index (χ1n) is 8.86. The van der Waals surface area contributed by atoms with Gasteiger partial charge in [-0.3, -0.25) is 4.99 Å². The number of hydrogen-bond acceptors (Lipinski definition) is 3. The topological polar surface area (TPSA) is 65.0 Å². The summed E-state index contributed by atoms with van der Waals surface area (Å²) >= 11 is 0. The van der Waals surface area contributed by atoms with E-state index in [4.69, 9.17) is 0 Å². The van der Waals surface area contributed by atoms with E-state index in [1.807, 2.05) is 13.1 Å². The highest BCUT2D eigenvalue weighted by atomic mass is 127. The van der Waals surface area contributed by atoms with Crippen LogP contribution in [0.2, 0.25) is 0 Å². The van der Waals surface area contributed by atoms with Crippen molar-refractivity contribution in [2.45, 2.75) is 38.5 Å². The summed E-state index contributed by atoms with van der Waals surface area (Å²) < 4.78 is 24.7. The second kappa shape index (κ2) is 12.9. The summed E-state index contributed by atoms with van der Waals surface area (Å²) in [5, 5.41) is 3.44. The van der Waals surface area contributed by atoms with E-state index in [-0.39, 0.29) is 24.0 Å². The maximum atomic E-state index is 11.5. The predicted octanol–water partition coefficient (Wildman–Crippen LogP) is 2.53. The molecular weight excluding hydrogens is 451 g/mol. The smallest absolute Gasteiger partial charge is 0.211 e. The number of sulfonamides is 1. The van der Waals surface area contributed by atoms with E-state index in [1.54, 1.807) is 4.31 Å². The van der Waals surface area contributed by atoms with Crippen molar-refractivity contribution >= 4 is 40.0 Å². The van der Waals surface area contributed by atoms with Gasteiger partial charge in [-0.15, -0.1) is 30.6 Å². The molecule has 6 nitrogen and oxygen atoms in total. The van der Waals surface area contributed by atoms with E-state index in [2.05, 4.69) is 28.8 Å². The summed E-state index contributed by atoms with van der Waals surface area (Å²) in [7, 11) is 0.832. The number of nitrogens with zero attached hydrogens (tertiary/aromatic N) is 3. The molecule has 0 saturated carbocycles. The van der Waals surface area contributed by atoms with Gasteiger partial charge in [0.1, 0.15) is 0 Å². The lowest BCUT2D eigenvalue weighted by Crippen LogP contribution is -2.44. The van der Waals surface area contributed by atoms with Crippen LogP contribution in [0.4, 0.5) is 0 Å². The molecule has 1 rings (SSSR count).